The van der Waals surface area contributed by atoms with Crippen molar-refractivity contribution in [1.82, 2.24) is 9.47 Å². The number of sulfone groups is 1. The standard InChI is InChI=1S/C19H21F3N2O3S/c1-13-10-17(18(25)12-23-6-8-28(26,27)9-7-23)14(2)24(13)16-5-3-4-15(11-16)19(20,21)22/h3-5,10-11H,6-9,12H2,1-2H3. The van der Waals surface area contributed by atoms with Crippen molar-refractivity contribution in [2.24, 2.45) is 0 Å². The first-order valence-corrected chi connectivity index (χ1v) is 10.6. The van der Waals surface area contributed by atoms with E-state index in [1.807, 2.05) is 0 Å². The van der Waals surface area contributed by atoms with Crippen LogP contribution in [0.15, 0.2) is 30.3 Å². The highest BCUT2D eigenvalue weighted by atomic mass is 32.2. The third-order valence-corrected chi connectivity index (χ3v) is 6.58. The summed E-state index contributed by atoms with van der Waals surface area (Å²) in [6.07, 6.45) is -4.45. The van der Waals surface area contributed by atoms with Crippen molar-refractivity contribution < 1.29 is 26.4 Å². The highest BCUT2D eigenvalue weighted by Gasteiger charge is 2.31. The van der Waals surface area contributed by atoms with Gasteiger partial charge >= 0.3 is 6.18 Å². The fraction of sp³-hybridized carbons (Fsp3) is 0.421. The van der Waals surface area contributed by atoms with Gasteiger partial charge in [-0.25, -0.2) is 8.42 Å². The van der Waals surface area contributed by atoms with Gasteiger partial charge in [0.2, 0.25) is 0 Å². The summed E-state index contributed by atoms with van der Waals surface area (Å²) in [5.74, 6) is -0.113. The smallest absolute Gasteiger partial charge is 0.318 e. The molecule has 2 aromatic rings. The second-order valence-corrected chi connectivity index (χ2v) is 9.32. The molecule has 0 amide bonds. The van der Waals surface area contributed by atoms with Crippen LogP contribution < -0.4 is 0 Å². The Hall–Kier alpha value is -2.13. The highest BCUT2D eigenvalue weighted by Crippen LogP contribution is 2.31. The van der Waals surface area contributed by atoms with E-state index in [-0.39, 0.29) is 23.8 Å². The van der Waals surface area contributed by atoms with Crippen molar-refractivity contribution in [3.05, 3.63) is 52.8 Å². The van der Waals surface area contributed by atoms with E-state index in [2.05, 4.69) is 0 Å². The molecule has 1 aromatic heterocycles. The maximum Gasteiger partial charge on any atom is 0.416 e. The maximum atomic E-state index is 13.0. The first-order valence-electron chi connectivity index (χ1n) is 8.80. The molecule has 1 fully saturated rings. The minimum atomic E-state index is -4.45. The average molecular weight is 414 g/mol. The van der Waals surface area contributed by atoms with Crippen LogP contribution in [0.5, 0.6) is 0 Å². The Balaban J connectivity index is 1.85. The Morgan fingerprint density at radius 2 is 1.75 bits per heavy atom. The molecule has 5 nitrogen and oxygen atoms in total. The zero-order valence-corrected chi connectivity index (χ0v) is 16.4. The van der Waals surface area contributed by atoms with Gasteiger partial charge in [0.25, 0.3) is 0 Å². The summed E-state index contributed by atoms with van der Waals surface area (Å²) >= 11 is 0. The summed E-state index contributed by atoms with van der Waals surface area (Å²) in [7, 11) is -3.03. The second-order valence-electron chi connectivity index (χ2n) is 7.02. The third-order valence-electron chi connectivity index (χ3n) is 4.97. The van der Waals surface area contributed by atoms with Crippen LogP contribution >= 0.6 is 0 Å². The molecular weight excluding hydrogens is 393 g/mol. The summed E-state index contributed by atoms with van der Waals surface area (Å²) < 4.78 is 63.7. The molecule has 1 aliphatic heterocycles. The topological polar surface area (TPSA) is 59.4 Å². The number of rotatable bonds is 4. The number of aryl methyl sites for hydroxylation is 1. The van der Waals surface area contributed by atoms with Crippen molar-refractivity contribution in [2.75, 3.05) is 31.1 Å². The van der Waals surface area contributed by atoms with Gasteiger partial charge in [0, 0.05) is 35.7 Å². The van der Waals surface area contributed by atoms with Crippen molar-refractivity contribution in [1.29, 1.82) is 0 Å². The van der Waals surface area contributed by atoms with Gasteiger partial charge in [0.05, 0.1) is 23.6 Å². The molecular formula is C19H21F3N2O3S. The molecule has 1 saturated heterocycles. The summed E-state index contributed by atoms with van der Waals surface area (Å²) in [4.78, 5) is 14.5. The minimum Gasteiger partial charge on any atom is -0.318 e. The predicted octanol–water partition coefficient (Wildman–Crippen LogP) is 3.03. The number of aromatic nitrogens is 1. The molecule has 0 radical (unpaired) electrons. The van der Waals surface area contributed by atoms with Crippen LogP contribution in [0.3, 0.4) is 0 Å². The molecule has 0 spiro atoms. The average Bonchev–Trinajstić information content (AvgIpc) is 2.91. The molecule has 0 N–H and O–H groups in total. The molecule has 0 bridgehead atoms. The molecule has 152 valence electrons. The number of Topliss-reactive ketones (excluding diaryl/α,β-unsaturated/α-hetero) is 1. The van der Waals surface area contributed by atoms with E-state index in [0.29, 0.717) is 35.7 Å². The second kappa shape index (κ2) is 7.36. The SMILES string of the molecule is Cc1cc(C(=O)CN2CCS(=O)(=O)CC2)c(C)n1-c1cccc(C(F)(F)F)c1. The summed E-state index contributed by atoms with van der Waals surface area (Å²) in [5, 5.41) is 0. The molecule has 0 unspecified atom stereocenters. The monoisotopic (exact) mass is 414 g/mol. The normalized spacial score (nSPS) is 17.6. The number of hydrogen-bond acceptors (Lipinski definition) is 4. The molecule has 9 heteroatoms. The number of carbonyl (C=O) groups excluding carboxylic acids is 1. The van der Waals surface area contributed by atoms with Gasteiger partial charge in [-0.2, -0.15) is 13.2 Å². The number of halogens is 3. The Morgan fingerprint density at radius 3 is 2.36 bits per heavy atom. The molecule has 28 heavy (non-hydrogen) atoms. The Kier molecular flexibility index (Phi) is 5.42. The number of carbonyl (C=O) groups is 1. The molecule has 0 saturated carbocycles. The van der Waals surface area contributed by atoms with Crippen molar-refractivity contribution in [2.45, 2.75) is 20.0 Å². The highest BCUT2D eigenvalue weighted by molar-refractivity contribution is 7.91. The van der Waals surface area contributed by atoms with Crippen molar-refractivity contribution >= 4 is 15.6 Å². The molecule has 0 atom stereocenters. The van der Waals surface area contributed by atoms with E-state index < -0.39 is 21.6 Å². The summed E-state index contributed by atoms with van der Waals surface area (Å²) in [6.45, 7) is 4.13. The number of benzene rings is 1. The number of alkyl halides is 3. The summed E-state index contributed by atoms with van der Waals surface area (Å²) in [6, 6.07) is 6.64. The molecule has 1 aliphatic rings. The number of nitrogens with zero attached hydrogens (tertiary/aromatic N) is 2. The van der Waals surface area contributed by atoms with E-state index in [1.54, 1.807) is 35.4 Å². The van der Waals surface area contributed by atoms with Crippen molar-refractivity contribution in [3.63, 3.8) is 0 Å². The predicted molar refractivity (Wildman–Crippen MR) is 99.7 cm³/mol. The van der Waals surface area contributed by atoms with Gasteiger partial charge < -0.3 is 4.57 Å². The zero-order valence-electron chi connectivity index (χ0n) is 15.6. The first-order chi connectivity index (χ1) is 13.0. The van der Waals surface area contributed by atoms with E-state index in [9.17, 15) is 26.4 Å². The maximum absolute atomic E-state index is 13.0. The largest absolute Gasteiger partial charge is 0.416 e. The molecule has 2 heterocycles. The van der Waals surface area contributed by atoms with Crippen LogP contribution in [0.25, 0.3) is 5.69 Å². The van der Waals surface area contributed by atoms with Gasteiger partial charge in [-0.3, -0.25) is 9.69 Å². The van der Waals surface area contributed by atoms with Crippen LogP contribution in [0, 0.1) is 13.8 Å². The lowest BCUT2D eigenvalue weighted by atomic mass is 10.1. The number of ketones is 1. The Labute approximate surface area is 161 Å². The van der Waals surface area contributed by atoms with Crippen LogP contribution in [-0.4, -0.2) is 54.8 Å². The third kappa shape index (κ3) is 4.30. The zero-order chi connectivity index (χ0) is 20.7. The van der Waals surface area contributed by atoms with Gasteiger partial charge in [0.15, 0.2) is 15.6 Å². The van der Waals surface area contributed by atoms with Crippen molar-refractivity contribution in [3.8, 4) is 5.69 Å². The van der Waals surface area contributed by atoms with E-state index in [0.717, 1.165) is 12.1 Å². The molecule has 3 rings (SSSR count). The van der Waals surface area contributed by atoms with E-state index in [1.165, 1.54) is 6.07 Å². The fourth-order valence-electron chi connectivity index (χ4n) is 3.46. The number of hydrogen-bond donors (Lipinski definition) is 0. The van der Waals surface area contributed by atoms with Gasteiger partial charge in [-0.1, -0.05) is 6.07 Å². The van der Waals surface area contributed by atoms with Crippen LogP contribution in [0.4, 0.5) is 13.2 Å². The van der Waals surface area contributed by atoms with Crippen LogP contribution in [-0.2, 0) is 16.0 Å². The Morgan fingerprint density at radius 1 is 1.11 bits per heavy atom. The van der Waals surface area contributed by atoms with Gasteiger partial charge in [-0.15, -0.1) is 0 Å². The van der Waals surface area contributed by atoms with Crippen LogP contribution in [0.2, 0.25) is 0 Å². The Bertz CT molecular complexity index is 996. The lowest BCUT2D eigenvalue weighted by Gasteiger charge is -2.25. The fourth-order valence-corrected chi connectivity index (χ4v) is 4.74. The minimum absolute atomic E-state index is 0.0313. The summed E-state index contributed by atoms with van der Waals surface area (Å²) in [5.41, 5.74) is 1.24. The van der Waals surface area contributed by atoms with Gasteiger partial charge in [-0.05, 0) is 38.1 Å². The molecule has 0 aliphatic carbocycles. The van der Waals surface area contributed by atoms with Gasteiger partial charge in [0.1, 0.15) is 0 Å². The van der Waals surface area contributed by atoms with Crippen LogP contribution in [0.1, 0.15) is 27.3 Å². The first kappa shape index (κ1) is 20.6. The lowest BCUT2D eigenvalue weighted by molar-refractivity contribution is -0.137. The lowest BCUT2D eigenvalue weighted by Crippen LogP contribution is -2.42. The van der Waals surface area contributed by atoms with E-state index in [4.69, 9.17) is 0 Å². The molecule has 1 aromatic carbocycles. The van der Waals surface area contributed by atoms with E-state index >= 15 is 0 Å². The quantitative estimate of drug-likeness (QED) is 0.722.